The van der Waals surface area contributed by atoms with Gasteiger partial charge in [0.25, 0.3) is 0 Å². The molecule has 0 spiro atoms. The van der Waals surface area contributed by atoms with Gasteiger partial charge in [-0.25, -0.2) is 4.98 Å². The third-order valence-corrected chi connectivity index (χ3v) is 4.52. The Morgan fingerprint density at radius 1 is 1.25 bits per heavy atom. The van der Waals surface area contributed by atoms with Gasteiger partial charge in [-0.2, -0.15) is 0 Å². The van der Waals surface area contributed by atoms with Crippen LogP contribution >= 0.6 is 24.8 Å². The highest BCUT2D eigenvalue weighted by Crippen LogP contribution is 2.21. The van der Waals surface area contributed by atoms with Crippen LogP contribution in [0.1, 0.15) is 25.7 Å². The number of halogens is 2. The molecule has 3 rings (SSSR count). The van der Waals surface area contributed by atoms with Gasteiger partial charge in [0, 0.05) is 26.3 Å². The third kappa shape index (κ3) is 5.21. The molecule has 0 aromatic carbocycles. The van der Waals surface area contributed by atoms with Crippen molar-refractivity contribution in [3.63, 3.8) is 0 Å². The summed E-state index contributed by atoms with van der Waals surface area (Å²) >= 11 is 0. The van der Waals surface area contributed by atoms with E-state index in [-0.39, 0.29) is 36.6 Å². The number of hydrogen-bond acceptors (Lipinski definition) is 5. The Balaban J connectivity index is 0.00000144. The number of anilines is 2. The summed E-state index contributed by atoms with van der Waals surface area (Å²) < 4.78 is 5.31. The van der Waals surface area contributed by atoms with Gasteiger partial charge in [-0.1, -0.05) is 0 Å². The molecule has 136 valence electrons. The molecule has 1 aromatic rings. The fraction of sp³-hybridized carbons (Fsp3) is 0.625. The van der Waals surface area contributed by atoms with Crippen molar-refractivity contribution in [2.45, 2.75) is 31.7 Å². The number of carbonyl (C=O) groups excluding carboxylic acids is 1. The second-order valence-corrected chi connectivity index (χ2v) is 6.06. The number of nitrogens with zero attached hydrogens (tertiary/aromatic N) is 2. The van der Waals surface area contributed by atoms with Gasteiger partial charge in [0.1, 0.15) is 5.82 Å². The molecule has 0 saturated carbocycles. The first-order chi connectivity index (χ1) is 10.7. The van der Waals surface area contributed by atoms with Crippen LogP contribution in [-0.2, 0) is 9.53 Å². The molecule has 6 nitrogen and oxygen atoms in total. The summed E-state index contributed by atoms with van der Waals surface area (Å²) in [5.74, 6) is 1.04. The van der Waals surface area contributed by atoms with Gasteiger partial charge in [-0.15, -0.1) is 24.8 Å². The zero-order chi connectivity index (χ0) is 15.4. The van der Waals surface area contributed by atoms with Crippen molar-refractivity contribution in [2.75, 3.05) is 36.5 Å². The molecule has 3 N–H and O–H groups in total. The average Bonchev–Trinajstić information content (AvgIpc) is 3.10. The quantitative estimate of drug-likeness (QED) is 0.841. The molecule has 1 atom stereocenters. The fourth-order valence-corrected chi connectivity index (χ4v) is 3.11. The van der Waals surface area contributed by atoms with Crippen LogP contribution < -0.4 is 16.0 Å². The number of carbonyl (C=O) groups is 1. The normalized spacial score (nSPS) is 19.1. The van der Waals surface area contributed by atoms with E-state index in [0.717, 1.165) is 31.7 Å². The van der Waals surface area contributed by atoms with Crippen molar-refractivity contribution in [2.24, 2.45) is 11.7 Å². The van der Waals surface area contributed by atoms with Gasteiger partial charge in [0.05, 0.1) is 17.9 Å². The second kappa shape index (κ2) is 10.0. The van der Waals surface area contributed by atoms with Crippen LogP contribution in [0.3, 0.4) is 0 Å². The van der Waals surface area contributed by atoms with Gasteiger partial charge in [-0.05, 0) is 43.7 Å². The molecule has 2 aliphatic heterocycles. The number of amides is 1. The molecule has 0 radical (unpaired) electrons. The highest BCUT2D eigenvalue weighted by molar-refractivity contribution is 5.94. The van der Waals surface area contributed by atoms with Crippen molar-refractivity contribution in [3.8, 4) is 0 Å². The molecule has 1 aromatic heterocycles. The summed E-state index contributed by atoms with van der Waals surface area (Å²) in [4.78, 5) is 18.9. The van der Waals surface area contributed by atoms with Crippen LogP contribution in [0.5, 0.6) is 0 Å². The van der Waals surface area contributed by atoms with Gasteiger partial charge in [-0.3, -0.25) is 4.79 Å². The van der Waals surface area contributed by atoms with Crippen molar-refractivity contribution >= 4 is 42.2 Å². The van der Waals surface area contributed by atoms with E-state index in [2.05, 4.69) is 15.2 Å². The molecule has 1 amide bonds. The highest BCUT2D eigenvalue weighted by Gasteiger charge is 2.26. The molecule has 1 unspecified atom stereocenters. The van der Waals surface area contributed by atoms with Crippen LogP contribution in [0.25, 0.3) is 0 Å². The zero-order valence-corrected chi connectivity index (χ0v) is 15.3. The van der Waals surface area contributed by atoms with Crippen LogP contribution in [0.2, 0.25) is 0 Å². The first-order valence-electron chi connectivity index (χ1n) is 8.09. The molecule has 2 fully saturated rings. The maximum absolute atomic E-state index is 12.2. The first kappa shape index (κ1) is 21.0. The SMILES string of the molecule is Cl.Cl.NC(C(=O)Nc1ccc(N2CCCC2)nc1)C1CCOCC1. The number of pyridine rings is 1. The van der Waals surface area contributed by atoms with Gasteiger partial charge in [0.15, 0.2) is 0 Å². The molecule has 0 bridgehead atoms. The fourth-order valence-electron chi connectivity index (χ4n) is 3.11. The smallest absolute Gasteiger partial charge is 0.241 e. The van der Waals surface area contributed by atoms with E-state index in [4.69, 9.17) is 10.5 Å². The van der Waals surface area contributed by atoms with E-state index in [1.54, 1.807) is 6.20 Å². The van der Waals surface area contributed by atoms with Gasteiger partial charge >= 0.3 is 0 Å². The standard InChI is InChI=1S/C16H24N4O2.2ClH/c17-15(12-5-9-22-10-6-12)16(21)19-13-3-4-14(18-11-13)20-7-1-2-8-20;;/h3-4,11-12,15H,1-2,5-10,17H2,(H,19,21);2*1H. The van der Waals surface area contributed by atoms with E-state index < -0.39 is 6.04 Å². The third-order valence-electron chi connectivity index (χ3n) is 4.52. The Hall–Kier alpha value is -1.08. The van der Waals surface area contributed by atoms with Crippen LogP contribution in [0.4, 0.5) is 11.5 Å². The van der Waals surface area contributed by atoms with Crippen molar-refractivity contribution in [3.05, 3.63) is 18.3 Å². The Morgan fingerprint density at radius 2 is 1.92 bits per heavy atom. The molecule has 2 aliphatic rings. The largest absolute Gasteiger partial charge is 0.381 e. The Morgan fingerprint density at radius 3 is 2.50 bits per heavy atom. The average molecular weight is 377 g/mol. The minimum atomic E-state index is -0.484. The monoisotopic (exact) mass is 376 g/mol. The number of nitrogens with two attached hydrogens (primary N) is 1. The summed E-state index contributed by atoms with van der Waals surface area (Å²) in [5.41, 5.74) is 6.78. The van der Waals surface area contributed by atoms with Gasteiger partial charge < -0.3 is 20.7 Å². The Bertz CT molecular complexity index is 503. The number of aromatic nitrogens is 1. The minimum absolute atomic E-state index is 0. The van der Waals surface area contributed by atoms with E-state index >= 15 is 0 Å². The molecule has 8 heteroatoms. The Labute approximate surface area is 155 Å². The molecule has 24 heavy (non-hydrogen) atoms. The Kier molecular flexibility index (Phi) is 8.76. The number of hydrogen-bond donors (Lipinski definition) is 2. The summed E-state index contributed by atoms with van der Waals surface area (Å²) in [5, 5.41) is 2.87. The molecular weight excluding hydrogens is 351 g/mol. The van der Waals surface area contributed by atoms with E-state index in [0.29, 0.717) is 18.9 Å². The number of rotatable bonds is 4. The second-order valence-electron chi connectivity index (χ2n) is 6.06. The summed E-state index contributed by atoms with van der Waals surface area (Å²) in [6.45, 7) is 3.51. The van der Waals surface area contributed by atoms with Crippen molar-refractivity contribution in [1.82, 2.24) is 4.98 Å². The maximum atomic E-state index is 12.2. The number of nitrogens with one attached hydrogen (secondary N) is 1. The van der Waals surface area contributed by atoms with Crippen LogP contribution in [-0.4, -0.2) is 43.2 Å². The van der Waals surface area contributed by atoms with Crippen LogP contribution in [0, 0.1) is 5.92 Å². The summed E-state index contributed by atoms with van der Waals surface area (Å²) in [6.07, 6.45) is 5.85. The lowest BCUT2D eigenvalue weighted by Gasteiger charge is -2.26. The van der Waals surface area contributed by atoms with Crippen molar-refractivity contribution < 1.29 is 9.53 Å². The van der Waals surface area contributed by atoms with E-state index in [1.165, 1.54) is 12.8 Å². The highest BCUT2D eigenvalue weighted by atomic mass is 35.5. The van der Waals surface area contributed by atoms with Gasteiger partial charge in [0.2, 0.25) is 5.91 Å². The van der Waals surface area contributed by atoms with E-state index in [9.17, 15) is 4.79 Å². The van der Waals surface area contributed by atoms with E-state index in [1.807, 2.05) is 12.1 Å². The lowest BCUT2D eigenvalue weighted by Crippen LogP contribution is -2.44. The topological polar surface area (TPSA) is 80.5 Å². The predicted octanol–water partition coefficient (Wildman–Crippen LogP) is 2.22. The molecule has 2 saturated heterocycles. The lowest BCUT2D eigenvalue weighted by molar-refractivity contribution is -0.119. The van der Waals surface area contributed by atoms with Crippen molar-refractivity contribution in [1.29, 1.82) is 0 Å². The summed E-state index contributed by atoms with van der Waals surface area (Å²) in [7, 11) is 0. The first-order valence-corrected chi connectivity index (χ1v) is 8.09. The maximum Gasteiger partial charge on any atom is 0.241 e. The lowest BCUT2D eigenvalue weighted by atomic mass is 9.92. The molecule has 0 aliphatic carbocycles. The molecule has 3 heterocycles. The predicted molar refractivity (Wildman–Crippen MR) is 100 cm³/mol. The summed E-state index contributed by atoms with van der Waals surface area (Å²) in [6, 6.07) is 3.37. The minimum Gasteiger partial charge on any atom is -0.381 e. The number of ether oxygens (including phenoxy) is 1. The zero-order valence-electron chi connectivity index (χ0n) is 13.6. The molecular formula is C16H26Cl2N4O2. The van der Waals surface area contributed by atoms with Crippen LogP contribution in [0.15, 0.2) is 18.3 Å².